The standard InChI is InChI=1S/C17H19NO/c1-2-3-4-8-14-9-5-6-10-15(14)16-11-7-12-18-17(16)13-19/h5-7,9-13H,2-4,8H2,1H3. The van der Waals surface area contributed by atoms with Crippen molar-refractivity contribution in [1.82, 2.24) is 4.98 Å². The zero-order valence-corrected chi connectivity index (χ0v) is 11.3. The molecule has 1 aromatic heterocycles. The molecule has 1 aromatic carbocycles. The van der Waals surface area contributed by atoms with Crippen LogP contribution in [0.1, 0.15) is 42.2 Å². The first-order chi connectivity index (χ1) is 9.36. The summed E-state index contributed by atoms with van der Waals surface area (Å²) in [5.74, 6) is 0. The number of hydrogen-bond acceptors (Lipinski definition) is 2. The second-order valence-electron chi connectivity index (χ2n) is 4.67. The van der Waals surface area contributed by atoms with Gasteiger partial charge in [-0.2, -0.15) is 0 Å². The van der Waals surface area contributed by atoms with E-state index in [9.17, 15) is 4.79 Å². The maximum absolute atomic E-state index is 11.1. The highest BCUT2D eigenvalue weighted by molar-refractivity contribution is 5.86. The Kier molecular flexibility index (Phi) is 4.85. The number of unbranched alkanes of at least 4 members (excludes halogenated alkanes) is 2. The predicted octanol–water partition coefficient (Wildman–Crippen LogP) is 4.29. The third-order valence-corrected chi connectivity index (χ3v) is 3.31. The second kappa shape index (κ2) is 6.83. The number of aryl methyl sites for hydroxylation is 1. The third-order valence-electron chi connectivity index (χ3n) is 3.31. The van der Waals surface area contributed by atoms with Crippen LogP contribution in [0.3, 0.4) is 0 Å². The molecule has 0 unspecified atom stereocenters. The molecule has 2 aromatic rings. The molecule has 0 N–H and O–H groups in total. The number of nitrogens with zero attached hydrogens (tertiary/aromatic N) is 1. The van der Waals surface area contributed by atoms with Crippen molar-refractivity contribution in [1.29, 1.82) is 0 Å². The van der Waals surface area contributed by atoms with E-state index >= 15 is 0 Å². The predicted molar refractivity (Wildman–Crippen MR) is 78.3 cm³/mol. The Morgan fingerprint density at radius 1 is 1.05 bits per heavy atom. The zero-order chi connectivity index (χ0) is 13.5. The number of carbonyl (C=O) groups excluding carboxylic acids is 1. The van der Waals surface area contributed by atoms with Crippen LogP contribution >= 0.6 is 0 Å². The average Bonchev–Trinajstić information content (AvgIpc) is 2.48. The van der Waals surface area contributed by atoms with E-state index in [0.717, 1.165) is 23.8 Å². The van der Waals surface area contributed by atoms with Gasteiger partial charge < -0.3 is 0 Å². The largest absolute Gasteiger partial charge is 0.296 e. The molecule has 0 saturated heterocycles. The van der Waals surface area contributed by atoms with Gasteiger partial charge in [0.05, 0.1) is 0 Å². The first kappa shape index (κ1) is 13.5. The number of benzene rings is 1. The molecule has 0 bridgehead atoms. The smallest absolute Gasteiger partial charge is 0.169 e. The topological polar surface area (TPSA) is 30.0 Å². The van der Waals surface area contributed by atoms with Crippen molar-refractivity contribution in [3.05, 3.63) is 53.9 Å². The van der Waals surface area contributed by atoms with Crippen LogP contribution in [0.4, 0.5) is 0 Å². The fourth-order valence-electron chi connectivity index (χ4n) is 2.31. The summed E-state index contributed by atoms with van der Waals surface area (Å²) >= 11 is 0. The van der Waals surface area contributed by atoms with E-state index in [0.29, 0.717) is 5.69 Å². The van der Waals surface area contributed by atoms with Gasteiger partial charge in [-0.3, -0.25) is 9.78 Å². The van der Waals surface area contributed by atoms with Crippen molar-refractivity contribution in [3.63, 3.8) is 0 Å². The molecule has 0 radical (unpaired) electrons. The highest BCUT2D eigenvalue weighted by atomic mass is 16.1. The highest BCUT2D eigenvalue weighted by Crippen LogP contribution is 2.26. The molecule has 0 saturated carbocycles. The third kappa shape index (κ3) is 3.28. The monoisotopic (exact) mass is 253 g/mol. The van der Waals surface area contributed by atoms with E-state index < -0.39 is 0 Å². The molecular weight excluding hydrogens is 234 g/mol. The van der Waals surface area contributed by atoms with Crippen molar-refractivity contribution >= 4 is 6.29 Å². The summed E-state index contributed by atoms with van der Waals surface area (Å²) in [6, 6.07) is 12.1. The SMILES string of the molecule is CCCCCc1ccccc1-c1cccnc1C=O. The summed E-state index contributed by atoms with van der Waals surface area (Å²) in [4.78, 5) is 15.3. The second-order valence-corrected chi connectivity index (χ2v) is 4.67. The van der Waals surface area contributed by atoms with Gasteiger partial charge in [0.15, 0.2) is 6.29 Å². The molecule has 0 spiro atoms. The Hall–Kier alpha value is -1.96. The highest BCUT2D eigenvalue weighted by Gasteiger charge is 2.09. The normalized spacial score (nSPS) is 10.4. The molecule has 2 heteroatoms. The number of rotatable bonds is 6. The van der Waals surface area contributed by atoms with Crippen LogP contribution in [0, 0.1) is 0 Å². The minimum absolute atomic E-state index is 0.519. The van der Waals surface area contributed by atoms with Crippen molar-refractivity contribution in [3.8, 4) is 11.1 Å². The Labute approximate surface area is 114 Å². The van der Waals surface area contributed by atoms with Gasteiger partial charge in [-0.25, -0.2) is 0 Å². The van der Waals surface area contributed by atoms with Crippen LogP contribution < -0.4 is 0 Å². The molecule has 0 aliphatic rings. The lowest BCUT2D eigenvalue weighted by atomic mass is 9.95. The van der Waals surface area contributed by atoms with E-state index in [4.69, 9.17) is 0 Å². The number of hydrogen-bond donors (Lipinski definition) is 0. The van der Waals surface area contributed by atoms with Gasteiger partial charge in [-0.1, -0.05) is 50.1 Å². The number of aldehydes is 1. The van der Waals surface area contributed by atoms with Gasteiger partial charge in [0.2, 0.25) is 0 Å². The lowest BCUT2D eigenvalue weighted by molar-refractivity contribution is 0.111. The molecular formula is C17H19NO. The summed E-state index contributed by atoms with van der Waals surface area (Å²) in [6.07, 6.45) is 7.18. The van der Waals surface area contributed by atoms with Crippen molar-refractivity contribution < 1.29 is 4.79 Å². The van der Waals surface area contributed by atoms with Crippen molar-refractivity contribution in [2.75, 3.05) is 0 Å². The van der Waals surface area contributed by atoms with Crippen LogP contribution in [-0.4, -0.2) is 11.3 Å². The van der Waals surface area contributed by atoms with Crippen molar-refractivity contribution in [2.45, 2.75) is 32.6 Å². The maximum atomic E-state index is 11.1. The molecule has 19 heavy (non-hydrogen) atoms. The molecule has 0 amide bonds. The van der Waals surface area contributed by atoms with Gasteiger partial charge in [-0.05, 0) is 30.0 Å². The lowest BCUT2D eigenvalue weighted by Gasteiger charge is -2.10. The summed E-state index contributed by atoms with van der Waals surface area (Å²) in [5, 5.41) is 0. The summed E-state index contributed by atoms with van der Waals surface area (Å²) in [7, 11) is 0. The molecule has 0 aliphatic carbocycles. The van der Waals surface area contributed by atoms with Gasteiger partial charge in [-0.15, -0.1) is 0 Å². The molecule has 0 fully saturated rings. The quantitative estimate of drug-likeness (QED) is 0.567. The van der Waals surface area contributed by atoms with Gasteiger partial charge in [0, 0.05) is 11.8 Å². The minimum atomic E-state index is 0.519. The van der Waals surface area contributed by atoms with Gasteiger partial charge in [0.25, 0.3) is 0 Å². The summed E-state index contributed by atoms with van der Waals surface area (Å²) < 4.78 is 0. The van der Waals surface area contributed by atoms with E-state index in [-0.39, 0.29) is 0 Å². The Morgan fingerprint density at radius 3 is 2.63 bits per heavy atom. The van der Waals surface area contributed by atoms with Crippen LogP contribution in [-0.2, 0) is 6.42 Å². The number of carbonyl (C=O) groups is 1. The van der Waals surface area contributed by atoms with Gasteiger partial charge >= 0.3 is 0 Å². The van der Waals surface area contributed by atoms with Crippen LogP contribution in [0.15, 0.2) is 42.6 Å². The molecule has 2 rings (SSSR count). The zero-order valence-electron chi connectivity index (χ0n) is 11.3. The summed E-state index contributed by atoms with van der Waals surface area (Å²) in [5.41, 5.74) is 3.89. The Balaban J connectivity index is 2.35. The maximum Gasteiger partial charge on any atom is 0.169 e. The summed E-state index contributed by atoms with van der Waals surface area (Å²) in [6.45, 7) is 2.21. The molecule has 2 nitrogen and oxygen atoms in total. The number of aromatic nitrogens is 1. The van der Waals surface area contributed by atoms with Crippen LogP contribution in [0.25, 0.3) is 11.1 Å². The van der Waals surface area contributed by atoms with E-state index in [1.54, 1.807) is 6.20 Å². The van der Waals surface area contributed by atoms with E-state index in [2.05, 4.69) is 30.1 Å². The lowest BCUT2D eigenvalue weighted by Crippen LogP contribution is -1.95. The fourth-order valence-corrected chi connectivity index (χ4v) is 2.31. The molecule has 0 atom stereocenters. The van der Waals surface area contributed by atoms with E-state index in [1.807, 2.05) is 18.2 Å². The molecule has 98 valence electrons. The Morgan fingerprint density at radius 2 is 1.84 bits per heavy atom. The Bertz CT molecular complexity index is 548. The number of pyridine rings is 1. The first-order valence-electron chi connectivity index (χ1n) is 6.85. The minimum Gasteiger partial charge on any atom is -0.296 e. The molecule has 1 heterocycles. The van der Waals surface area contributed by atoms with Crippen LogP contribution in [0.5, 0.6) is 0 Å². The van der Waals surface area contributed by atoms with E-state index in [1.165, 1.54) is 24.8 Å². The van der Waals surface area contributed by atoms with Crippen LogP contribution in [0.2, 0.25) is 0 Å². The first-order valence-corrected chi connectivity index (χ1v) is 6.85. The average molecular weight is 253 g/mol. The fraction of sp³-hybridized carbons (Fsp3) is 0.294. The van der Waals surface area contributed by atoms with Gasteiger partial charge in [0.1, 0.15) is 5.69 Å². The molecule has 0 aliphatic heterocycles. The van der Waals surface area contributed by atoms with Crippen molar-refractivity contribution in [2.24, 2.45) is 0 Å².